The second-order valence-corrected chi connectivity index (χ2v) is 8.84. The summed E-state index contributed by atoms with van der Waals surface area (Å²) in [5.41, 5.74) is 1.57. The highest BCUT2D eigenvalue weighted by atomic mass is 35.5. The molecule has 0 saturated carbocycles. The topological polar surface area (TPSA) is 96.3 Å². The molecule has 2 aliphatic heterocycles. The standard InChI is InChI=1S/C18H23N5O3S.ClH/c1-22-9-8-20-18(22)16-12-19-7-10-23(16)27(25,26)14-5-6-15-13(11-14)3-2-4-17(24)21-15;/h5-6,8-9,11,16,19H,2-4,7,10,12H2,1H3,(H,21,24);1H. The first kappa shape index (κ1) is 20.8. The fraction of sp³-hybridized carbons (Fsp3) is 0.444. The number of benzene rings is 1. The van der Waals surface area contributed by atoms with Crippen molar-refractivity contribution in [2.24, 2.45) is 7.05 Å². The number of rotatable bonds is 3. The van der Waals surface area contributed by atoms with Gasteiger partial charge >= 0.3 is 0 Å². The van der Waals surface area contributed by atoms with Gasteiger partial charge in [0.05, 0.1) is 10.9 Å². The second-order valence-electron chi connectivity index (χ2n) is 6.95. The van der Waals surface area contributed by atoms with Gasteiger partial charge in [-0.1, -0.05) is 0 Å². The molecule has 1 aromatic carbocycles. The molecule has 10 heteroatoms. The lowest BCUT2D eigenvalue weighted by Gasteiger charge is -2.34. The summed E-state index contributed by atoms with van der Waals surface area (Å²) in [4.78, 5) is 16.3. The molecule has 1 fully saturated rings. The molecule has 2 N–H and O–H groups in total. The van der Waals surface area contributed by atoms with Crippen LogP contribution >= 0.6 is 12.4 Å². The van der Waals surface area contributed by atoms with Gasteiger partial charge in [0, 0.05) is 51.2 Å². The fourth-order valence-corrected chi connectivity index (χ4v) is 5.38. The van der Waals surface area contributed by atoms with Crippen LogP contribution in [0.2, 0.25) is 0 Å². The van der Waals surface area contributed by atoms with E-state index in [2.05, 4.69) is 15.6 Å². The highest BCUT2D eigenvalue weighted by Crippen LogP contribution is 2.31. The summed E-state index contributed by atoms with van der Waals surface area (Å²) in [5.74, 6) is 0.689. The van der Waals surface area contributed by atoms with Gasteiger partial charge in [0.25, 0.3) is 0 Å². The van der Waals surface area contributed by atoms with Crippen LogP contribution in [0.1, 0.15) is 30.3 Å². The third kappa shape index (κ3) is 3.80. The Bertz CT molecular complexity index is 975. The van der Waals surface area contributed by atoms with Gasteiger partial charge in [-0.05, 0) is 36.6 Å². The van der Waals surface area contributed by atoms with E-state index in [1.165, 1.54) is 4.31 Å². The molecule has 1 saturated heterocycles. The summed E-state index contributed by atoms with van der Waals surface area (Å²) < 4.78 is 30.2. The zero-order valence-corrected chi connectivity index (χ0v) is 17.2. The molecule has 1 aromatic heterocycles. The molecule has 0 bridgehead atoms. The van der Waals surface area contributed by atoms with Crippen LogP contribution < -0.4 is 10.6 Å². The van der Waals surface area contributed by atoms with Gasteiger partial charge in [0.2, 0.25) is 15.9 Å². The molecule has 1 unspecified atom stereocenters. The SMILES string of the molecule is Cl.Cn1ccnc1C1CNCCN1S(=O)(=O)c1ccc2c(c1)CCCC(=O)N2. The minimum absolute atomic E-state index is 0. The summed E-state index contributed by atoms with van der Waals surface area (Å²) in [6, 6.07) is 4.62. The molecule has 0 aliphatic carbocycles. The summed E-state index contributed by atoms with van der Waals surface area (Å²) in [6.07, 6.45) is 5.35. The molecule has 2 aliphatic rings. The summed E-state index contributed by atoms with van der Waals surface area (Å²) in [6.45, 7) is 1.50. The van der Waals surface area contributed by atoms with Gasteiger partial charge in [0.15, 0.2) is 0 Å². The average Bonchev–Trinajstić information content (AvgIpc) is 2.99. The van der Waals surface area contributed by atoms with E-state index < -0.39 is 10.0 Å². The Labute approximate surface area is 170 Å². The van der Waals surface area contributed by atoms with Crippen LogP contribution in [0, 0.1) is 0 Å². The zero-order chi connectivity index (χ0) is 19.0. The second kappa shape index (κ2) is 8.20. The van der Waals surface area contributed by atoms with Crippen LogP contribution in [0.25, 0.3) is 0 Å². The Morgan fingerprint density at radius 3 is 2.82 bits per heavy atom. The normalized spacial score (nSPS) is 20.6. The lowest BCUT2D eigenvalue weighted by atomic mass is 10.1. The quantitative estimate of drug-likeness (QED) is 0.775. The van der Waals surface area contributed by atoms with Crippen molar-refractivity contribution in [1.29, 1.82) is 0 Å². The molecule has 152 valence electrons. The predicted octanol–water partition coefficient (Wildman–Crippen LogP) is 1.45. The number of fused-ring (bicyclic) bond motifs is 1. The van der Waals surface area contributed by atoms with E-state index in [4.69, 9.17) is 0 Å². The van der Waals surface area contributed by atoms with Crippen LogP contribution in [0.15, 0.2) is 35.5 Å². The van der Waals surface area contributed by atoms with Crippen molar-refractivity contribution in [2.45, 2.75) is 30.2 Å². The zero-order valence-electron chi connectivity index (χ0n) is 15.6. The van der Waals surface area contributed by atoms with E-state index in [0.29, 0.717) is 50.4 Å². The molecular formula is C18H24ClN5O3S. The van der Waals surface area contributed by atoms with E-state index >= 15 is 0 Å². The van der Waals surface area contributed by atoms with Crippen LogP contribution in [0.3, 0.4) is 0 Å². The van der Waals surface area contributed by atoms with Gasteiger partial charge in [-0.3, -0.25) is 4.79 Å². The largest absolute Gasteiger partial charge is 0.337 e. The van der Waals surface area contributed by atoms with Gasteiger partial charge in [-0.25, -0.2) is 13.4 Å². The highest BCUT2D eigenvalue weighted by molar-refractivity contribution is 7.89. The van der Waals surface area contributed by atoms with Crippen molar-refractivity contribution in [3.63, 3.8) is 0 Å². The lowest BCUT2D eigenvalue weighted by Crippen LogP contribution is -2.49. The van der Waals surface area contributed by atoms with Crippen LogP contribution in [0.4, 0.5) is 5.69 Å². The number of imidazole rings is 1. The summed E-state index contributed by atoms with van der Waals surface area (Å²) in [5, 5.41) is 6.11. The first-order valence-corrected chi connectivity index (χ1v) is 10.5. The Kier molecular flexibility index (Phi) is 6.09. The average molecular weight is 426 g/mol. The van der Waals surface area contributed by atoms with Crippen LogP contribution in [-0.4, -0.2) is 47.8 Å². The van der Waals surface area contributed by atoms with E-state index in [0.717, 1.165) is 5.56 Å². The first-order valence-electron chi connectivity index (χ1n) is 9.09. The number of carbonyl (C=O) groups is 1. The van der Waals surface area contributed by atoms with Gasteiger partial charge in [-0.15, -0.1) is 12.4 Å². The van der Waals surface area contributed by atoms with Crippen molar-refractivity contribution in [3.05, 3.63) is 42.0 Å². The molecule has 2 aromatic rings. The van der Waals surface area contributed by atoms with E-state index in [9.17, 15) is 13.2 Å². The van der Waals surface area contributed by atoms with Crippen molar-refractivity contribution >= 4 is 34.0 Å². The predicted molar refractivity (Wildman–Crippen MR) is 108 cm³/mol. The number of hydrogen-bond acceptors (Lipinski definition) is 5. The third-order valence-corrected chi connectivity index (χ3v) is 7.06. The number of anilines is 1. The molecule has 1 amide bonds. The maximum Gasteiger partial charge on any atom is 0.243 e. The molecule has 1 atom stereocenters. The van der Waals surface area contributed by atoms with Gasteiger partial charge in [-0.2, -0.15) is 4.31 Å². The monoisotopic (exact) mass is 425 g/mol. The van der Waals surface area contributed by atoms with Crippen molar-refractivity contribution < 1.29 is 13.2 Å². The molecule has 0 radical (unpaired) electrons. The third-order valence-electron chi connectivity index (χ3n) is 5.16. The smallest absolute Gasteiger partial charge is 0.243 e. The number of halogens is 1. The number of carbonyl (C=O) groups excluding carboxylic acids is 1. The van der Waals surface area contributed by atoms with E-state index in [1.54, 1.807) is 24.4 Å². The molecule has 4 rings (SSSR count). The van der Waals surface area contributed by atoms with Crippen molar-refractivity contribution in [2.75, 3.05) is 25.0 Å². The Hall–Kier alpha value is -1.94. The summed E-state index contributed by atoms with van der Waals surface area (Å²) >= 11 is 0. The maximum absolute atomic E-state index is 13.4. The van der Waals surface area contributed by atoms with E-state index in [1.807, 2.05) is 17.8 Å². The van der Waals surface area contributed by atoms with Gasteiger partial charge < -0.3 is 15.2 Å². The Morgan fingerprint density at radius 2 is 2.07 bits per heavy atom. The number of nitrogens with zero attached hydrogens (tertiary/aromatic N) is 3. The van der Waals surface area contributed by atoms with Crippen molar-refractivity contribution in [1.82, 2.24) is 19.2 Å². The number of piperazine rings is 1. The summed E-state index contributed by atoms with van der Waals surface area (Å²) in [7, 11) is -1.82. The molecule has 28 heavy (non-hydrogen) atoms. The first-order chi connectivity index (χ1) is 13.0. The lowest BCUT2D eigenvalue weighted by molar-refractivity contribution is -0.116. The number of aromatic nitrogens is 2. The number of hydrogen-bond donors (Lipinski definition) is 2. The minimum Gasteiger partial charge on any atom is -0.337 e. The van der Waals surface area contributed by atoms with E-state index in [-0.39, 0.29) is 29.3 Å². The molecule has 0 spiro atoms. The Balaban J connectivity index is 0.00000225. The molecule has 3 heterocycles. The number of aryl methyl sites for hydroxylation is 2. The molecular weight excluding hydrogens is 402 g/mol. The number of nitrogens with one attached hydrogen (secondary N) is 2. The van der Waals surface area contributed by atoms with Crippen molar-refractivity contribution in [3.8, 4) is 0 Å². The molecule has 8 nitrogen and oxygen atoms in total. The number of sulfonamides is 1. The number of amides is 1. The van der Waals surface area contributed by atoms with Gasteiger partial charge in [0.1, 0.15) is 5.82 Å². The fourth-order valence-electron chi connectivity index (χ4n) is 3.74. The minimum atomic E-state index is -3.69. The maximum atomic E-state index is 13.4. The van der Waals surface area contributed by atoms with Crippen LogP contribution in [0.5, 0.6) is 0 Å². The highest BCUT2D eigenvalue weighted by Gasteiger charge is 2.36. The Morgan fingerprint density at radius 1 is 1.25 bits per heavy atom. The van der Waals surface area contributed by atoms with Crippen LogP contribution in [-0.2, 0) is 28.3 Å².